The molecule has 0 amide bonds. The number of nitrogen functional groups attached to an aromatic ring is 1. The molecule has 1 aliphatic rings. The minimum atomic E-state index is 0.525. The molecule has 1 fully saturated rings. The van der Waals surface area contributed by atoms with E-state index in [9.17, 15) is 0 Å². The smallest absolute Gasteiger partial charge is 0.135 e. The second kappa shape index (κ2) is 3.72. The third kappa shape index (κ3) is 1.64. The van der Waals surface area contributed by atoms with Gasteiger partial charge in [0.05, 0.1) is 15.3 Å². The number of nitrogens with two attached hydrogens (primary N) is 1. The van der Waals surface area contributed by atoms with Gasteiger partial charge >= 0.3 is 0 Å². The molecule has 1 heterocycles. The predicted molar refractivity (Wildman–Crippen MR) is 66.1 cm³/mol. The lowest BCUT2D eigenvalue weighted by Gasteiger charge is -2.16. The van der Waals surface area contributed by atoms with Crippen molar-refractivity contribution >= 4 is 28.4 Å². The fraction of sp³-hybridized carbons (Fsp3) is 0.700. The molecule has 0 aliphatic heterocycles. The average molecular weight is 305 g/mol. The van der Waals surface area contributed by atoms with E-state index in [1.54, 1.807) is 0 Å². The molecule has 0 spiro atoms. The summed E-state index contributed by atoms with van der Waals surface area (Å²) < 4.78 is 3.15. The van der Waals surface area contributed by atoms with Crippen molar-refractivity contribution < 1.29 is 0 Å². The van der Waals surface area contributed by atoms with Crippen molar-refractivity contribution in [2.24, 2.45) is 5.92 Å². The number of halogens is 1. The average Bonchev–Trinajstić information content (AvgIpc) is 2.95. The summed E-state index contributed by atoms with van der Waals surface area (Å²) in [4.78, 5) is 0. The van der Waals surface area contributed by atoms with Crippen LogP contribution in [0.4, 0.5) is 5.82 Å². The minimum absolute atomic E-state index is 0.525. The zero-order valence-corrected chi connectivity index (χ0v) is 10.8. The zero-order chi connectivity index (χ0) is 10.3. The van der Waals surface area contributed by atoms with Gasteiger partial charge < -0.3 is 5.73 Å². The molecule has 0 aromatic carbocycles. The monoisotopic (exact) mass is 305 g/mol. The van der Waals surface area contributed by atoms with Crippen molar-refractivity contribution in [3.05, 3.63) is 9.26 Å². The molecule has 0 bridgehead atoms. The number of aryl methyl sites for hydroxylation is 1. The molecule has 2 N–H and O–H groups in total. The fourth-order valence-corrected chi connectivity index (χ4v) is 2.34. The highest BCUT2D eigenvalue weighted by atomic mass is 127. The molecular weight excluding hydrogens is 289 g/mol. The lowest BCUT2D eigenvalue weighted by molar-refractivity contribution is 0.397. The van der Waals surface area contributed by atoms with Crippen LogP contribution in [-0.4, -0.2) is 9.78 Å². The van der Waals surface area contributed by atoms with Crippen LogP contribution in [0.5, 0.6) is 0 Å². The topological polar surface area (TPSA) is 43.8 Å². The lowest BCUT2D eigenvalue weighted by Crippen LogP contribution is -2.14. The molecule has 1 aromatic rings. The quantitative estimate of drug-likeness (QED) is 0.873. The molecule has 2 rings (SSSR count). The normalized spacial score (nSPS) is 18.5. The number of hydrogen-bond donors (Lipinski definition) is 1. The van der Waals surface area contributed by atoms with Crippen LogP contribution in [0.2, 0.25) is 0 Å². The van der Waals surface area contributed by atoms with Crippen LogP contribution in [-0.2, 0) is 0 Å². The van der Waals surface area contributed by atoms with E-state index in [1.807, 2.05) is 11.6 Å². The van der Waals surface area contributed by atoms with Gasteiger partial charge in [-0.2, -0.15) is 5.10 Å². The fourth-order valence-electron chi connectivity index (χ4n) is 1.99. The molecule has 0 radical (unpaired) electrons. The summed E-state index contributed by atoms with van der Waals surface area (Å²) in [6, 6.07) is 0.525. The third-order valence-corrected chi connectivity index (χ3v) is 4.28. The SMILES string of the molecule is CCC(C1CC1)n1nc(C)c(I)c1N. The van der Waals surface area contributed by atoms with Gasteiger partial charge in [0.25, 0.3) is 0 Å². The summed E-state index contributed by atoms with van der Waals surface area (Å²) in [5, 5.41) is 4.53. The van der Waals surface area contributed by atoms with Crippen LogP contribution in [0, 0.1) is 16.4 Å². The van der Waals surface area contributed by atoms with Gasteiger partial charge in [0, 0.05) is 0 Å². The van der Waals surface area contributed by atoms with E-state index in [0.717, 1.165) is 27.4 Å². The zero-order valence-electron chi connectivity index (χ0n) is 8.63. The Balaban J connectivity index is 2.33. The summed E-state index contributed by atoms with van der Waals surface area (Å²) >= 11 is 2.27. The third-order valence-electron chi connectivity index (χ3n) is 2.95. The number of rotatable bonds is 3. The van der Waals surface area contributed by atoms with E-state index in [2.05, 4.69) is 34.6 Å². The van der Waals surface area contributed by atoms with Crippen LogP contribution in [0.25, 0.3) is 0 Å². The largest absolute Gasteiger partial charge is 0.383 e. The van der Waals surface area contributed by atoms with Crippen LogP contribution in [0.1, 0.15) is 37.9 Å². The summed E-state index contributed by atoms with van der Waals surface area (Å²) in [7, 11) is 0. The lowest BCUT2D eigenvalue weighted by atomic mass is 10.1. The van der Waals surface area contributed by atoms with E-state index in [0.29, 0.717) is 6.04 Å². The molecule has 1 aliphatic carbocycles. The van der Waals surface area contributed by atoms with E-state index in [-0.39, 0.29) is 0 Å². The second-order valence-corrected chi connectivity index (χ2v) is 5.12. The second-order valence-electron chi connectivity index (χ2n) is 4.04. The first-order valence-electron chi connectivity index (χ1n) is 5.15. The van der Waals surface area contributed by atoms with Crippen molar-refractivity contribution in [2.75, 3.05) is 5.73 Å². The Labute approximate surface area is 98.2 Å². The van der Waals surface area contributed by atoms with Gasteiger partial charge in [-0.25, -0.2) is 4.68 Å². The van der Waals surface area contributed by atoms with Gasteiger partial charge in [0.2, 0.25) is 0 Å². The molecule has 78 valence electrons. The van der Waals surface area contributed by atoms with Crippen molar-refractivity contribution in [3.8, 4) is 0 Å². The van der Waals surface area contributed by atoms with Crippen LogP contribution >= 0.6 is 22.6 Å². The summed E-state index contributed by atoms with van der Waals surface area (Å²) in [5.74, 6) is 1.67. The molecule has 3 nitrogen and oxygen atoms in total. The molecular formula is C10H16IN3. The van der Waals surface area contributed by atoms with Gasteiger partial charge in [-0.1, -0.05) is 6.92 Å². The van der Waals surface area contributed by atoms with Gasteiger partial charge in [0.15, 0.2) is 0 Å². The number of hydrogen-bond acceptors (Lipinski definition) is 2. The summed E-state index contributed by atoms with van der Waals surface area (Å²) in [6.45, 7) is 4.24. The molecule has 0 saturated heterocycles. The van der Waals surface area contributed by atoms with E-state index >= 15 is 0 Å². The van der Waals surface area contributed by atoms with Gasteiger partial charge in [-0.15, -0.1) is 0 Å². The molecule has 1 unspecified atom stereocenters. The van der Waals surface area contributed by atoms with Crippen LogP contribution in [0.3, 0.4) is 0 Å². The number of nitrogens with zero attached hydrogens (tertiary/aromatic N) is 2. The van der Waals surface area contributed by atoms with Crippen molar-refractivity contribution in [1.82, 2.24) is 9.78 Å². The maximum absolute atomic E-state index is 6.04. The highest BCUT2D eigenvalue weighted by Crippen LogP contribution is 2.42. The number of anilines is 1. The standard InChI is InChI=1S/C10H16IN3/c1-3-8(7-4-5-7)14-10(12)9(11)6(2)13-14/h7-8H,3-5,12H2,1-2H3. The Morgan fingerprint density at radius 1 is 1.64 bits per heavy atom. The summed E-state index contributed by atoms with van der Waals surface area (Å²) in [5.41, 5.74) is 7.10. The Morgan fingerprint density at radius 3 is 2.64 bits per heavy atom. The Kier molecular flexibility index (Phi) is 2.72. The Morgan fingerprint density at radius 2 is 2.29 bits per heavy atom. The molecule has 14 heavy (non-hydrogen) atoms. The summed E-state index contributed by atoms with van der Waals surface area (Å²) in [6.07, 6.45) is 3.81. The van der Waals surface area contributed by atoms with Crippen molar-refractivity contribution in [1.29, 1.82) is 0 Å². The van der Waals surface area contributed by atoms with Crippen molar-refractivity contribution in [2.45, 2.75) is 39.2 Å². The predicted octanol–water partition coefficient (Wildman–Crippen LogP) is 2.74. The molecule has 4 heteroatoms. The molecule has 1 saturated carbocycles. The molecule has 1 aromatic heterocycles. The number of aromatic nitrogens is 2. The first-order valence-corrected chi connectivity index (χ1v) is 6.23. The first kappa shape index (κ1) is 10.3. The Bertz CT molecular complexity index is 341. The van der Waals surface area contributed by atoms with Gasteiger partial charge in [0.1, 0.15) is 5.82 Å². The van der Waals surface area contributed by atoms with E-state index < -0.39 is 0 Å². The molecule has 1 atom stereocenters. The Hall–Kier alpha value is -0.260. The highest BCUT2D eigenvalue weighted by molar-refractivity contribution is 14.1. The minimum Gasteiger partial charge on any atom is -0.383 e. The van der Waals surface area contributed by atoms with E-state index in [1.165, 1.54) is 12.8 Å². The van der Waals surface area contributed by atoms with Crippen LogP contribution < -0.4 is 5.73 Å². The maximum Gasteiger partial charge on any atom is 0.135 e. The highest BCUT2D eigenvalue weighted by Gasteiger charge is 2.33. The van der Waals surface area contributed by atoms with E-state index in [4.69, 9.17) is 5.73 Å². The van der Waals surface area contributed by atoms with Crippen LogP contribution in [0.15, 0.2) is 0 Å². The maximum atomic E-state index is 6.04. The first-order chi connectivity index (χ1) is 6.65. The van der Waals surface area contributed by atoms with Gasteiger partial charge in [-0.3, -0.25) is 0 Å². The van der Waals surface area contributed by atoms with Gasteiger partial charge in [-0.05, 0) is 54.7 Å². The van der Waals surface area contributed by atoms with Crippen molar-refractivity contribution in [3.63, 3.8) is 0 Å².